The fourth-order valence-electron chi connectivity index (χ4n) is 0.902. The molecule has 0 spiro atoms. The molecule has 0 saturated heterocycles. The summed E-state index contributed by atoms with van der Waals surface area (Å²) in [6.07, 6.45) is 4.69. The maximum Gasteiger partial charge on any atom is 0.241 e. The normalized spacial score (nSPS) is 10.6. The summed E-state index contributed by atoms with van der Waals surface area (Å²) in [6, 6.07) is 3.83. The first kappa shape index (κ1) is 10.8. The Morgan fingerprint density at radius 1 is 1.64 bits per heavy atom. The summed E-state index contributed by atoms with van der Waals surface area (Å²) in [5.41, 5.74) is 5.85. The zero-order chi connectivity index (χ0) is 10.4. The maximum atomic E-state index is 10.5. The van der Waals surface area contributed by atoms with E-state index >= 15 is 0 Å². The summed E-state index contributed by atoms with van der Waals surface area (Å²) in [7, 11) is 0. The molecule has 0 bridgehead atoms. The molecular formula is C10H12N2OS. The van der Waals surface area contributed by atoms with Crippen LogP contribution < -0.4 is 5.73 Å². The van der Waals surface area contributed by atoms with Gasteiger partial charge in [-0.3, -0.25) is 4.79 Å². The molecular weight excluding hydrogens is 196 g/mol. The van der Waals surface area contributed by atoms with Crippen molar-refractivity contribution in [3.63, 3.8) is 0 Å². The third kappa shape index (κ3) is 3.62. The molecule has 2 N–H and O–H groups in total. The summed E-state index contributed by atoms with van der Waals surface area (Å²) in [5, 5.41) is 0.990. The molecule has 1 aromatic rings. The van der Waals surface area contributed by atoms with Crippen LogP contribution in [0, 0.1) is 0 Å². The largest absolute Gasteiger partial charge is 0.366 e. The van der Waals surface area contributed by atoms with E-state index in [-0.39, 0.29) is 0 Å². The summed E-state index contributed by atoms with van der Waals surface area (Å²) < 4.78 is 0. The molecule has 0 radical (unpaired) electrons. The SMILES string of the molecule is CCSc1ccc(C=CC(N)=O)cn1. The minimum absolute atomic E-state index is 0.447. The van der Waals surface area contributed by atoms with E-state index in [0.717, 1.165) is 16.3 Å². The van der Waals surface area contributed by atoms with Gasteiger partial charge in [0.25, 0.3) is 0 Å². The van der Waals surface area contributed by atoms with Gasteiger partial charge in [0.1, 0.15) is 0 Å². The molecule has 0 unspecified atom stereocenters. The molecule has 0 fully saturated rings. The summed E-state index contributed by atoms with van der Waals surface area (Å²) in [6.45, 7) is 2.08. The van der Waals surface area contributed by atoms with Crippen LogP contribution >= 0.6 is 11.8 Å². The molecule has 0 aliphatic carbocycles. The van der Waals surface area contributed by atoms with Gasteiger partial charge >= 0.3 is 0 Å². The standard InChI is InChI=1S/C10H12N2OS/c1-2-14-10-6-4-8(7-12-10)3-5-9(11)13/h3-7H,2H2,1H3,(H2,11,13). The number of primary amides is 1. The third-order valence-electron chi connectivity index (χ3n) is 1.49. The molecule has 0 atom stereocenters. The molecule has 0 aliphatic rings. The Labute approximate surface area is 87.4 Å². The van der Waals surface area contributed by atoms with Crippen LogP contribution in [0.5, 0.6) is 0 Å². The Morgan fingerprint density at radius 3 is 2.93 bits per heavy atom. The Morgan fingerprint density at radius 2 is 2.43 bits per heavy atom. The van der Waals surface area contributed by atoms with Gasteiger partial charge in [0.05, 0.1) is 5.03 Å². The van der Waals surface area contributed by atoms with Crippen LogP contribution in [-0.2, 0) is 4.79 Å². The van der Waals surface area contributed by atoms with Gasteiger partial charge in [0.15, 0.2) is 0 Å². The lowest BCUT2D eigenvalue weighted by atomic mass is 10.2. The topological polar surface area (TPSA) is 56.0 Å². The summed E-state index contributed by atoms with van der Waals surface area (Å²) >= 11 is 1.68. The van der Waals surface area contributed by atoms with Gasteiger partial charge in [-0.15, -0.1) is 11.8 Å². The number of rotatable bonds is 4. The number of carbonyl (C=O) groups is 1. The number of carbonyl (C=O) groups excluding carboxylic acids is 1. The van der Waals surface area contributed by atoms with Crippen LogP contribution in [0.1, 0.15) is 12.5 Å². The molecule has 1 rings (SSSR count). The first-order chi connectivity index (χ1) is 6.72. The van der Waals surface area contributed by atoms with Crippen molar-refractivity contribution in [3.05, 3.63) is 30.0 Å². The van der Waals surface area contributed by atoms with Crippen molar-refractivity contribution in [2.45, 2.75) is 11.9 Å². The number of aromatic nitrogens is 1. The molecule has 74 valence electrons. The fourth-order valence-corrected chi connectivity index (χ4v) is 1.49. The lowest BCUT2D eigenvalue weighted by Gasteiger charge is -1.97. The van der Waals surface area contributed by atoms with Crippen LogP contribution in [0.25, 0.3) is 6.08 Å². The van der Waals surface area contributed by atoms with Crippen molar-refractivity contribution in [2.75, 3.05) is 5.75 Å². The van der Waals surface area contributed by atoms with Crippen molar-refractivity contribution in [1.82, 2.24) is 4.98 Å². The van der Waals surface area contributed by atoms with Gasteiger partial charge in [0.2, 0.25) is 5.91 Å². The molecule has 14 heavy (non-hydrogen) atoms. The quantitative estimate of drug-likeness (QED) is 0.605. The Bertz CT molecular complexity index is 332. The molecule has 3 nitrogen and oxygen atoms in total. The molecule has 4 heteroatoms. The molecule has 0 aliphatic heterocycles. The first-order valence-corrected chi connectivity index (χ1v) is 5.27. The third-order valence-corrected chi connectivity index (χ3v) is 2.32. The minimum atomic E-state index is -0.447. The van der Waals surface area contributed by atoms with Crippen LogP contribution in [0.4, 0.5) is 0 Å². The Balaban J connectivity index is 2.68. The minimum Gasteiger partial charge on any atom is -0.366 e. The number of hydrogen-bond donors (Lipinski definition) is 1. The lowest BCUT2D eigenvalue weighted by Crippen LogP contribution is -2.05. The van der Waals surface area contributed by atoms with E-state index in [9.17, 15) is 4.79 Å². The highest BCUT2D eigenvalue weighted by molar-refractivity contribution is 7.99. The highest BCUT2D eigenvalue weighted by Gasteiger charge is 1.93. The second kappa shape index (κ2) is 5.44. The number of nitrogens with zero attached hydrogens (tertiary/aromatic N) is 1. The van der Waals surface area contributed by atoms with E-state index in [0.29, 0.717) is 0 Å². The molecule has 1 heterocycles. The van der Waals surface area contributed by atoms with Crippen LogP contribution in [0.3, 0.4) is 0 Å². The van der Waals surface area contributed by atoms with Crippen molar-refractivity contribution < 1.29 is 4.79 Å². The van der Waals surface area contributed by atoms with E-state index < -0.39 is 5.91 Å². The second-order valence-electron chi connectivity index (χ2n) is 2.60. The average molecular weight is 208 g/mol. The monoisotopic (exact) mass is 208 g/mol. The van der Waals surface area contributed by atoms with E-state index in [1.165, 1.54) is 6.08 Å². The van der Waals surface area contributed by atoms with E-state index in [1.54, 1.807) is 24.0 Å². The van der Waals surface area contributed by atoms with E-state index in [1.807, 2.05) is 12.1 Å². The van der Waals surface area contributed by atoms with Crippen molar-refractivity contribution >= 4 is 23.7 Å². The Hall–Kier alpha value is -1.29. The molecule has 1 aromatic heterocycles. The summed E-state index contributed by atoms with van der Waals surface area (Å²) in [5.74, 6) is 0.556. The maximum absolute atomic E-state index is 10.5. The van der Waals surface area contributed by atoms with Gasteiger partial charge in [-0.05, 0) is 23.5 Å². The number of amides is 1. The van der Waals surface area contributed by atoms with Crippen molar-refractivity contribution in [3.8, 4) is 0 Å². The van der Waals surface area contributed by atoms with Crippen LogP contribution in [0.2, 0.25) is 0 Å². The predicted molar refractivity (Wildman–Crippen MR) is 58.9 cm³/mol. The van der Waals surface area contributed by atoms with Crippen LogP contribution in [-0.4, -0.2) is 16.6 Å². The lowest BCUT2D eigenvalue weighted by molar-refractivity contribution is -0.113. The van der Waals surface area contributed by atoms with Gasteiger partial charge in [-0.25, -0.2) is 4.98 Å². The van der Waals surface area contributed by atoms with Gasteiger partial charge in [-0.2, -0.15) is 0 Å². The average Bonchev–Trinajstić information content (AvgIpc) is 2.17. The first-order valence-electron chi connectivity index (χ1n) is 4.28. The fraction of sp³-hybridized carbons (Fsp3) is 0.200. The van der Waals surface area contributed by atoms with Crippen LogP contribution in [0.15, 0.2) is 29.4 Å². The number of thioether (sulfide) groups is 1. The van der Waals surface area contributed by atoms with Crippen molar-refractivity contribution in [2.24, 2.45) is 5.73 Å². The second-order valence-corrected chi connectivity index (χ2v) is 3.88. The van der Waals surface area contributed by atoms with Gasteiger partial charge < -0.3 is 5.73 Å². The van der Waals surface area contributed by atoms with Gasteiger partial charge in [-0.1, -0.05) is 13.0 Å². The summed E-state index contributed by atoms with van der Waals surface area (Å²) in [4.78, 5) is 14.7. The highest BCUT2D eigenvalue weighted by atomic mass is 32.2. The van der Waals surface area contributed by atoms with E-state index in [2.05, 4.69) is 11.9 Å². The number of pyridine rings is 1. The Kier molecular flexibility index (Phi) is 4.19. The van der Waals surface area contributed by atoms with Crippen molar-refractivity contribution in [1.29, 1.82) is 0 Å². The number of nitrogens with two attached hydrogens (primary N) is 1. The zero-order valence-corrected chi connectivity index (χ0v) is 8.75. The number of hydrogen-bond acceptors (Lipinski definition) is 3. The highest BCUT2D eigenvalue weighted by Crippen LogP contribution is 2.14. The zero-order valence-electron chi connectivity index (χ0n) is 7.93. The smallest absolute Gasteiger partial charge is 0.241 e. The van der Waals surface area contributed by atoms with E-state index in [4.69, 9.17) is 5.73 Å². The molecule has 0 aromatic carbocycles. The molecule has 1 amide bonds. The van der Waals surface area contributed by atoms with Gasteiger partial charge in [0, 0.05) is 12.3 Å². The predicted octanol–water partition coefficient (Wildman–Crippen LogP) is 1.69. The molecule has 0 saturated carbocycles.